The van der Waals surface area contributed by atoms with Gasteiger partial charge in [0.2, 0.25) is 0 Å². The van der Waals surface area contributed by atoms with Crippen molar-refractivity contribution in [1.29, 1.82) is 0 Å². The quantitative estimate of drug-likeness (QED) is 0.185. The van der Waals surface area contributed by atoms with Crippen LogP contribution in [-0.4, -0.2) is 41.1 Å². The topological polar surface area (TPSA) is 86.4 Å². The molecular formula is C29H28F5N3O3. The molecule has 0 spiro atoms. The van der Waals surface area contributed by atoms with E-state index in [1.807, 2.05) is 31.2 Å². The number of halogens is 5. The molecule has 11 heteroatoms. The van der Waals surface area contributed by atoms with Gasteiger partial charge >= 0.3 is 6.36 Å². The monoisotopic (exact) mass is 561 g/mol. The van der Waals surface area contributed by atoms with Crippen molar-refractivity contribution in [2.24, 2.45) is 0 Å². The van der Waals surface area contributed by atoms with E-state index in [1.165, 1.54) is 12.1 Å². The fourth-order valence-corrected chi connectivity index (χ4v) is 4.41. The molecule has 4 rings (SSSR count). The van der Waals surface area contributed by atoms with Gasteiger partial charge in [0.25, 0.3) is 5.91 Å². The van der Waals surface area contributed by atoms with E-state index < -0.39 is 41.8 Å². The number of aryl methyl sites for hydroxylation is 1. The number of nitrogens with one attached hydrogen (secondary N) is 3. The average molecular weight is 562 g/mol. The van der Waals surface area contributed by atoms with Crippen molar-refractivity contribution in [1.82, 2.24) is 15.6 Å². The van der Waals surface area contributed by atoms with E-state index in [0.717, 1.165) is 47.9 Å². The van der Waals surface area contributed by atoms with E-state index in [9.17, 15) is 31.9 Å². The summed E-state index contributed by atoms with van der Waals surface area (Å²) in [7, 11) is 0. The Morgan fingerprint density at radius 2 is 1.70 bits per heavy atom. The summed E-state index contributed by atoms with van der Waals surface area (Å²) >= 11 is 0. The number of aromatic nitrogens is 1. The van der Waals surface area contributed by atoms with Crippen LogP contribution < -0.4 is 15.4 Å². The van der Waals surface area contributed by atoms with Gasteiger partial charge in [-0.25, -0.2) is 8.78 Å². The van der Waals surface area contributed by atoms with Crippen LogP contribution in [0.2, 0.25) is 0 Å². The number of alkyl halides is 3. The summed E-state index contributed by atoms with van der Waals surface area (Å²) in [5.74, 6) is -2.69. The Hall–Kier alpha value is -3.96. The van der Waals surface area contributed by atoms with E-state index in [2.05, 4.69) is 20.4 Å². The summed E-state index contributed by atoms with van der Waals surface area (Å²) in [6.45, 7) is 2.55. The molecule has 212 valence electrons. The van der Waals surface area contributed by atoms with Crippen molar-refractivity contribution in [3.63, 3.8) is 0 Å². The number of H-pyrrole nitrogens is 1. The van der Waals surface area contributed by atoms with E-state index in [4.69, 9.17) is 0 Å². The SMILES string of the molecule is CCc1cccc(CNC[C@H](O)[C@H](Cc2cc(F)cc(F)c2)NC(=O)c2cc3cc(OC(F)(F)F)ccc3[nH]2)c1. The number of fused-ring (bicyclic) bond motifs is 1. The minimum atomic E-state index is -4.86. The Bertz CT molecular complexity index is 1450. The number of carbonyl (C=O) groups is 1. The highest BCUT2D eigenvalue weighted by Gasteiger charge is 2.31. The minimum absolute atomic E-state index is 0.0196. The lowest BCUT2D eigenvalue weighted by atomic mass is 10.00. The molecule has 1 aromatic heterocycles. The second kappa shape index (κ2) is 12.5. The zero-order chi connectivity index (χ0) is 28.9. The summed E-state index contributed by atoms with van der Waals surface area (Å²) in [6.07, 6.45) is -5.23. The smallest absolute Gasteiger partial charge is 0.406 e. The van der Waals surface area contributed by atoms with Gasteiger partial charge in [-0.3, -0.25) is 4.79 Å². The highest BCUT2D eigenvalue weighted by molar-refractivity contribution is 5.98. The third-order valence-corrected chi connectivity index (χ3v) is 6.31. The second-order valence-electron chi connectivity index (χ2n) is 9.41. The first-order valence-electron chi connectivity index (χ1n) is 12.6. The molecule has 0 bridgehead atoms. The number of hydrogen-bond acceptors (Lipinski definition) is 4. The van der Waals surface area contributed by atoms with Crippen LogP contribution in [0.25, 0.3) is 10.9 Å². The molecule has 4 aromatic rings. The van der Waals surface area contributed by atoms with Crippen molar-refractivity contribution in [2.45, 2.75) is 44.8 Å². The molecule has 0 radical (unpaired) electrons. The van der Waals surface area contributed by atoms with Crippen molar-refractivity contribution < 1.29 is 36.6 Å². The number of benzene rings is 3. The zero-order valence-corrected chi connectivity index (χ0v) is 21.5. The lowest BCUT2D eigenvalue weighted by Gasteiger charge is -2.25. The lowest BCUT2D eigenvalue weighted by molar-refractivity contribution is -0.274. The Balaban J connectivity index is 1.49. The molecule has 0 unspecified atom stereocenters. The number of rotatable bonds is 11. The van der Waals surface area contributed by atoms with Crippen LogP contribution in [0.5, 0.6) is 5.75 Å². The predicted octanol–water partition coefficient (Wildman–Crippen LogP) is 5.40. The molecule has 0 aliphatic rings. The minimum Gasteiger partial charge on any atom is -0.406 e. The van der Waals surface area contributed by atoms with Crippen LogP contribution in [-0.2, 0) is 19.4 Å². The summed E-state index contributed by atoms with van der Waals surface area (Å²) in [6, 6.07) is 14.8. The van der Waals surface area contributed by atoms with Gasteiger partial charge in [-0.05, 0) is 65.9 Å². The van der Waals surface area contributed by atoms with Gasteiger partial charge in [-0.15, -0.1) is 13.2 Å². The fraction of sp³-hybridized carbons (Fsp3) is 0.276. The number of aliphatic hydroxyl groups is 1. The molecular weight excluding hydrogens is 533 g/mol. The molecule has 0 saturated carbocycles. The second-order valence-corrected chi connectivity index (χ2v) is 9.41. The van der Waals surface area contributed by atoms with Crippen molar-refractivity contribution in [3.8, 4) is 5.75 Å². The van der Waals surface area contributed by atoms with Crippen LogP contribution in [0, 0.1) is 11.6 Å². The van der Waals surface area contributed by atoms with Gasteiger partial charge in [0.15, 0.2) is 0 Å². The molecule has 0 aliphatic heterocycles. The number of aliphatic hydroxyl groups excluding tert-OH is 1. The van der Waals surface area contributed by atoms with Gasteiger partial charge in [-0.1, -0.05) is 31.2 Å². The average Bonchev–Trinajstić information content (AvgIpc) is 3.30. The number of hydrogen-bond donors (Lipinski definition) is 4. The van der Waals surface area contributed by atoms with Gasteiger partial charge in [0.1, 0.15) is 23.1 Å². The molecule has 4 N–H and O–H groups in total. The predicted molar refractivity (Wildman–Crippen MR) is 140 cm³/mol. The van der Waals surface area contributed by atoms with E-state index >= 15 is 0 Å². The standard InChI is InChI=1S/C29H28F5N3O3/c1-2-17-4-3-5-18(8-17)15-35-16-27(38)25(11-19-9-21(30)14-22(31)10-19)37-28(39)26-13-20-12-23(40-29(32,33)34)6-7-24(20)36-26/h3-10,12-14,25,27,35-36,38H,2,11,15-16H2,1H3,(H,37,39)/t25-,27-/m0/s1. The third-order valence-electron chi connectivity index (χ3n) is 6.31. The maximum Gasteiger partial charge on any atom is 0.573 e. The number of amides is 1. The number of aromatic amines is 1. The number of carbonyl (C=O) groups excluding carboxylic acids is 1. The first-order valence-corrected chi connectivity index (χ1v) is 12.6. The van der Waals surface area contributed by atoms with E-state index in [1.54, 1.807) is 0 Å². The van der Waals surface area contributed by atoms with Gasteiger partial charge in [0.05, 0.1) is 12.1 Å². The Morgan fingerprint density at radius 1 is 0.975 bits per heavy atom. The normalized spacial score (nSPS) is 13.3. The molecule has 1 heterocycles. The summed E-state index contributed by atoms with van der Waals surface area (Å²) in [5.41, 5.74) is 2.80. The summed E-state index contributed by atoms with van der Waals surface area (Å²) in [4.78, 5) is 15.9. The third kappa shape index (κ3) is 8.03. The zero-order valence-electron chi connectivity index (χ0n) is 21.5. The molecule has 0 fully saturated rings. The molecule has 0 saturated heterocycles. The molecule has 3 aromatic carbocycles. The first-order chi connectivity index (χ1) is 19.0. The molecule has 0 aliphatic carbocycles. The number of ether oxygens (including phenoxy) is 1. The maximum atomic E-state index is 13.8. The fourth-order valence-electron chi connectivity index (χ4n) is 4.41. The molecule has 1 amide bonds. The van der Waals surface area contributed by atoms with Crippen LogP contribution in [0.3, 0.4) is 0 Å². The van der Waals surface area contributed by atoms with E-state index in [-0.39, 0.29) is 24.2 Å². The summed E-state index contributed by atoms with van der Waals surface area (Å²) in [5, 5.41) is 17.1. The van der Waals surface area contributed by atoms with E-state index in [0.29, 0.717) is 17.4 Å². The molecule has 6 nitrogen and oxygen atoms in total. The Labute approximate surface area is 227 Å². The van der Waals surface area contributed by atoms with Gasteiger partial charge in [-0.2, -0.15) is 0 Å². The Kier molecular flexibility index (Phi) is 9.06. The molecule has 40 heavy (non-hydrogen) atoms. The maximum absolute atomic E-state index is 13.8. The van der Waals surface area contributed by atoms with Gasteiger partial charge in [0, 0.05) is 30.1 Å². The Morgan fingerprint density at radius 3 is 2.40 bits per heavy atom. The van der Waals surface area contributed by atoms with Crippen molar-refractivity contribution in [3.05, 3.63) is 101 Å². The summed E-state index contributed by atoms with van der Waals surface area (Å²) < 4.78 is 69.3. The highest BCUT2D eigenvalue weighted by atomic mass is 19.4. The highest BCUT2D eigenvalue weighted by Crippen LogP contribution is 2.27. The first kappa shape index (κ1) is 29.0. The van der Waals surface area contributed by atoms with Crippen LogP contribution in [0.15, 0.2) is 66.7 Å². The largest absolute Gasteiger partial charge is 0.573 e. The van der Waals surface area contributed by atoms with Crippen LogP contribution >= 0.6 is 0 Å². The lowest BCUT2D eigenvalue weighted by Crippen LogP contribution is -2.48. The van der Waals surface area contributed by atoms with Crippen LogP contribution in [0.1, 0.15) is 34.1 Å². The molecule has 2 atom stereocenters. The van der Waals surface area contributed by atoms with Crippen molar-refractivity contribution in [2.75, 3.05) is 6.54 Å². The van der Waals surface area contributed by atoms with Crippen molar-refractivity contribution >= 4 is 16.8 Å². The van der Waals surface area contributed by atoms with Gasteiger partial charge < -0.3 is 25.5 Å². The van der Waals surface area contributed by atoms with Crippen LogP contribution in [0.4, 0.5) is 22.0 Å².